The van der Waals surface area contributed by atoms with E-state index in [0.717, 1.165) is 29.5 Å². The zero-order valence-corrected chi connectivity index (χ0v) is 12.3. The molecule has 0 saturated carbocycles. The average molecular weight is 276 g/mol. The van der Waals surface area contributed by atoms with Crippen molar-refractivity contribution in [2.24, 2.45) is 7.05 Å². The minimum Gasteiger partial charge on any atom is -0.493 e. The topological polar surface area (TPSA) is 61.2 Å². The monoisotopic (exact) mass is 276 g/mol. The second kappa shape index (κ2) is 6.38. The molecule has 2 rings (SSSR count). The second-order valence-electron chi connectivity index (χ2n) is 4.53. The van der Waals surface area contributed by atoms with Gasteiger partial charge in [0.25, 0.3) is 0 Å². The number of methoxy groups -OCH3 is 1. The largest absolute Gasteiger partial charge is 0.493 e. The molecule has 20 heavy (non-hydrogen) atoms. The van der Waals surface area contributed by atoms with E-state index < -0.39 is 0 Å². The highest BCUT2D eigenvalue weighted by atomic mass is 16.5. The number of aromatic nitrogens is 3. The molecule has 0 radical (unpaired) electrons. The SMILES string of the molecule is CNCc1ccc(OCc2nnc(C)n2C)c(OC)c1. The lowest BCUT2D eigenvalue weighted by Crippen LogP contribution is -2.07. The van der Waals surface area contributed by atoms with E-state index >= 15 is 0 Å². The molecule has 1 aromatic carbocycles. The van der Waals surface area contributed by atoms with Crippen molar-refractivity contribution in [2.45, 2.75) is 20.1 Å². The third kappa shape index (κ3) is 3.08. The number of hydrogen-bond donors (Lipinski definition) is 1. The highest BCUT2D eigenvalue weighted by Crippen LogP contribution is 2.28. The average Bonchev–Trinajstić information content (AvgIpc) is 2.77. The lowest BCUT2D eigenvalue weighted by molar-refractivity contribution is 0.272. The van der Waals surface area contributed by atoms with E-state index in [1.54, 1.807) is 7.11 Å². The molecular formula is C14H20N4O2. The Hall–Kier alpha value is -2.08. The Labute approximate surface area is 118 Å². The Kier molecular flexibility index (Phi) is 4.57. The third-order valence-corrected chi connectivity index (χ3v) is 3.15. The van der Waals surface area contributed by atoms with Gasteiger partial charge in [-0.15, -0.1) is 10.2 Å². The predicted octanol–water partition coefficient (Wildman–Crippen LogP) is 1.43. The van der Waals surface area contributed by atoms with Gasteiger partial charge in [-0.2, -0.15) is 0 Å². The fourth-order valence-corrected chi connectivity index (χ4v) is 1.86. The molecule has 0 saturated heterocycles. The number of nitrogens with zero attached hydrogens (tertiary/aromatic N) is 3. The van der Waals surface area contributed by atoms with E-state index in [1.807, 2.05) is 43.8 Å². The van der Waals surface area contributed by atoms with Gasteiger partial charge in [0.2, 0.25) is 0 Å². The predicted molar refractivity (Wildman–Crippen MR) is 75.8 cm³/mol. The van der Waals surface area contributed by atoms with E-state index in [4.69, 9.17) is 9.47 Å². The Balaban J connectivity index is 2.11. The Bertz CT molecular complexity index is 581. The Morgan fingerprint density at radius 2 is 2.05 bits per heavy atom. The zero-order valence-electron chi connectivity index (χ0n) is 12.3. The first-order valence-corrected chi connectivity index (χ1v) is 6.45. The number of nitrogens with one attached hydrogen (secondary N) is 1. The Morgan fingerprint density at radius 1 is 1.25 bits per heavy atom. The second-order valence-corrected chi connectivity index (χ2v) is 4.53. The highest BCUT2D eigenvalue weighted by Gasteiger charge is 2.09. The van der Waals surface area contributed by atoms with Gasteiger partial charge in [0, 0.05) is 13.6 Å². The molecule has 1 aromatic heterocycles. The van der Waals surface area contributed by atoms with Crippen LogP contribution in [0.15, 0.2) is 18.2 Å². The van der Waals surface area contributed by atoms with Crippen LogP contribution in [0.3, 0.4) is 0 Å². The van der Waals surface area contributed by atoms with Crippen LogP contribution in [0.2, 0.25) is 0 Å². The van der Waals surface area contributed by atoms with Crippen molar-refractivity contribution >= 4 is 0 Å². The van der Waals surface area contributed by atoms with Crippen molar-refractivity contribution in [1.29, 1.82) is 0 Å². The maximum Gasteiger partial charge on any atom is 0.170 e. The minimum atomic E-state index is 0.360. The van der Waals surface area contributed by atoms with Crippen molar-refractivity contribution in [3.8, 4) is 11.5 Å². The van der Waals surface area contributed by atoms with Crippen LogP contribution in [-0.4, -0.2) is 28.9 Å². The quantitative estimate of drug-likeness (QED) is 0.865. The van der Waals surface area contributed by atoms with Crippen molar-refractivity contribution in [2.75, 3.05) is 14.2 Å². The number of ether oxygens (including phenoxy) is 2. The van der Waals surface area contributed by atoms with Gasteiger partial charge in [0.1, 0.15) is 12.4 Å². The van der Waals surface area contributed by atoms with Crippen LogP contribution in [0.25, 0.3) is 0 Å². The molecule has 2 aromatic rings. The molecule has 0 atom stereocenters. The summed E-state index contributed by atoms with van der Waals surface area (Å²) in [6, 6.07) is 5.89. The molecule has 0 aliphatic carbocycles. The molecule has 1 heterocycles. The summed E-state index contributed by atoms with van der Waals surface area (Å²) in [5.41, 5.74) is 1.14. The van der Waals surface area contributed by atoms with E-state index in [1.165, 1.54) is 0 Å². The van der Waals surface area contributed by atoms with Gasteiger partial charge in [-0.1, -0.05) is 6.07 Å². The van der Waals surface area contributed by atoms with E-state index in [2.05, 4.69) is 15.5 Å². The fourth-order valence-electron chi connectivity index (χ4n) is 1.86. The van der Waals surface area contributed by atoms with Crippen molar-refractivity contribution < 1.29 is 9.47 Å². The fraction of sp³-hybridized carbons (Fsp3) is 0.429. The van der Waals surface area contributed by atoms with Gasteiger partial charge in [-0.3, -0.25) is 0 Å². The normalized spacial score (nSPS) is 10.6. The first-order valence-electron chi connectivity index (χ1n) is 6.45. The van der Waals surface area contributed by atoms with E-state index in [0.29, 0.717) is 12.4 Å². The maximum atomic E-state index is 5.77. The highest BCUT2D eigenvalue weighted by molar-refractivity contribution is 5.42. The number of benzene rings is 1. The van der Waals surface area contributed by atoms with Crippen LogP contribution in [0.1, 0.15) is 17.2 Å². The summed E-state index contributed by atoms with van der Waals surface area (Å²) in [5.74, 6) is 3.06. The maximum absolute atomic E-state index is 5.77. The molecule has 6 nitrogen and oxygen atoms in total. The third-order valence-electron chi connectivity index (χ3n) is 3.15. The van der Waals surface area contributed by atoms with Crippen LogP contribution in [-0.2, 0) is 20.2 Å². The van der Waals surface area contributed by atoms with Crippen molar-refractivity contribution in [3.63, 3.8) is 0 Å². The number of rotatable bonds is 6. The molecule has 1 N–H and O–H groups in total. The molecule has 0 spiro atoms. The molecule has 0 unspecified atom stereocenters. The van der Waals surface area contributed by atoms with Crippen molar-refractivity contribution in [1.82, 2.24) is 20.1 Å². The van der Waals surface area contributed by atoms with Gasteiger partial charge in [-0.05, 0) is 31.7 Å². The smallest absolute Gasteiger partial charge is 0.170 e. The molecule has 0 amide bonds. The van der Waals surface area contributed by atoms with Crippen LogP contribution in [0, 0.1) is 6.92 Å². The lowest BCUT2D eigenvalue weighted by atomic mass is 10.2. The van der Waals surface area contributed by atoms with Crippen molar-refractivity contribution in [3.05, 3.63) is 35.4 Å². The molecule has 0 bridgehead atoms. The molecule has 108 valence electrons. The summed E-state index contributed by atoms with van der Waals surface area (Å²) in [6.07, 6.45) is 0. The summed E-state index contributed by atoms with van der Waals surface area (Å²) in [5, 5.41) is 11.2. The zero-order chi connectivity index (χ0) is 14.5. The van der Waals surface area contributed by atoms with Gasteiger partial charge < -0.3 is 19.4 Å². The van der Waals surface area contributed by atoms with E-state index in [9.17, 15) is 0 Å². The number of hydrogen-bond acceptors (Lipinski definition) is 5. The summed E-state index contributed by atoms with van der Waals surface area (Å²) in [7, 11) is 5.46. The first-order chi connectivity index (χ1) is 9.65. The van der Waals surface area contributed by atoms with Crippen LogP contribution in [0.5, 0.6) is 11.5 Å². The van der Waals surface area contributed by atoms with Gasteiger partial charge in [-0.25, -0.2) is 0 Å². The molecule has 6 heteroatoms. The van der Waals surface area contributed by atoms with Crippen LogP contribution >= 0.6 is 0 Å². The summed E-state index contributed by atoms with van der Waals surface area (Å²) in [6.45, 7) is 3.06. The summed E-state index contributed by atoms with van der Waals surface area (Å²) in [4.78, 5) is 0. The van der Waals surface area contributed by atoms with Crippen LogP contribution in [0.4, 0.5) is 0 Å². The molecule has 0 fully saturated rings. The minimum absolute atomic E-state index is 0.360. The molecule has 0 aliphatic heterocycles. The number of aryl methyl sites for hydroxylation is 1. The van der Waals surface area contributed by atoms with Gasteiger partial charge in [0.15, 0.2) is 17.3 Å². The molecule has 0 aliphatic rings. The van der Waals surface area contributed by atoms with Crippen LogP contribution < -0.4 is 14.8 Å². The summed E-state index contributed by atoms with van der Waals surface area (Å²) >= 11 is 0. The van der Waals surface area contributed by atoms with E-state index in [-0.39, 0.29) is 0 Å². The summed E-state index contributed by atoms with van der Waals surface area (Å²) < 4.78 is 13.0. The molecular weight excluding hydrogens is 256 g/mol. The standard InChI is InChI=1S/C14H20N4O2/c1-10-16-17-14(18(10)3)9-20-12-6-5-11(8-15-2)7-13(12)19-4/h5-7,15H,8-9H2,1-4H3. The Morgan fingerprint density at radius 3 is 2.65 bits per heavy atom. The van der Waals surface area contributed by atoms with Gasteiger partial charge >= 0.3 is 0 Å². The first kappa shape index (κ1) is 14.3. The lowest BCUT2D eigenvalue weighted by Gasteiger charge is -2.12. The van der Waals surface area contributed by atoms with Gasteiger partial charge in [0.05, 0.1) is 7.11 Å².